The molecule has 0 aromatic heterocycles. The molecule has 2 bridgehead atoms. The van der Waals surface area contributed by atoms with Crippen molar-refractivity contribution in [3.05, 3.63) is 76.6 Å². The average Bonchev–Trinajstić information content (AvgIpc) is 3.36. The number of piperidine rings is 1. The Morgan fingerprint density at radius 1 is 1.23 bits per heavy atom. The average molecular weight is 619 g/mol. The van der Waals surface area contributed by atoms with Gasteiger partial charge >= 0.3 is 12.1 Å². The van der Waals surface area contributed by atoms with E-state index in [1.54, 1.807) is 36.4 Å². The molecule has 1 fully saturated rings. The van der Waals surface area contributed by atoms with Crippen molar-refractivity contribution in [2.24, 2.45) is 0 Å². The molecule has 2 aliphatic heterocycles. The van der Waals surface area contributed by atoms with E-state index in [0.717, 1.165) is 17.7 Å². The van der Waals surface area contributed by atoms with Crippen LogP contribution in [0.4, 0.5) is 13.2 Å². The number of alkyl halides is 3. The van der Waals surface area contributed by atoms with Gasteiger partial charge in [0.05, 0.1) is 24.0 Å². The molecule has 1 amide bonds. The summed E-state index contributed by atoms with van der Waals surface area (Å²) in [7, 11) is 2.02. The topological polar surface area (TPSA) is 146 Å². The summed E-state index contributed by atoms with van der Waals surface area (Å²) in [5.41, 5.74) is 1.26. The largest absolute Gasteiger partial charge is 0.481 e. The minimum atomic E-state index is -4.64. The first-order chi connectivity index (χ1) is 20.9. The molecule has 4 aliphatic rings. The number of hydrogen-bond donors (Lipinski definition) is 4. The molecule has 2 heterocycles. The number of carbonyl (C=O) groups excluding carboxylic acids is 3. The summed E-state index contributed by atoms with van der Waals surface area (Å²) >= 11 is 0. The number of amides is 1. The molecule has 10 nitrogen and oxygen atoms in total. The zero-order valence-corrected chi connectivity index (χ0v) is 23.8. The first-order valence-electron chi connectivity index (χ1n) is 14.2. The minimum absolute atomic E-state index is 0.00134. The maximum Gasteiger partial charge on any atom is 0.446 e. The number of likely N-dealkylation sites (tertiary alicyclic amines) is 1. The van der Waals surface area contributed by atoms with Crippen LogP contribution in [0.5, 0.6) is 5.75 Å². The molecule has 1 spiro atoms. The second-order valence-electron chi connectivity index (χ2n) is 11.4. The second kappa shape index (κ2) is 12.0. The molecule has 2 aromatic carbocycles. The van der Waals surface area contributed by atoms with E-state index >= 15 is 0 Å². The highest BCUT2D eigenvalue weighted by Crippen LogP contribution is 2.64. The van der Waals surface area contributed by atoms with Crippen LogP contribution in [-0.4, -0.2) is 82.4 Å². The molecular weight excluding hydrogens is 585 g/mol. The molecular formula is C31H33F3N2O8. The van der Waals surface area contributed by atoms with Crippen LogP contribution in [0.15, 0.2) is 54.3 Å². The number of rotatable bonds is 7. The lowest BCUT2D eigenvalue weighted by Gasteiger charge is -2.61. The molecule has 4 N–H and O–H groups in total. The maximum absolute atomic E-state index is 12.8. The molecule has 2 aliphatic carbocycles. The van der Waals surface area contributed by atoms with Gasteiger partial charge in [-0.05, 0) is 43.6 Å². The number of esters is 1. The first kappa shape index (κ1) is 31.6. The third-order valence-electron chi connectivity index (χ3n) is 8.98. The van der Waals surface area contributed by atoms with Crippen molar-refractivity contribution in [2.75, 3.05) is 20.1 Å². The normalized spacial score (nSPS) is 27.0. The fourth-order valence-corrected chi connectivity index (χ4v) is 6.99. The molecule has 1 saturated heterocycles. The van der Waals surface area contributed by atoms with Crippen molar-refractivity contribution >= 4 is 18.2 Å². The van der Waals surface area contributed by atoms with Crippen LogP contribution in [0, 0.1) is 0 Å². The van der Waals surface area contributed by atoms with Crippen molar-refractivity contribution in [1.82, 2.24) is 10.2 Å². The number of nitrogens with one attached hydrogen (secondary N) is 1. The fourth-order valence-electron chi connectivity index (χ4n) is 6.99. The molecule has 0 radical (unpaired) electrons. The molecule has 5 atom stereocenters. The van der Waals surface area contributed by atoms with Gasteiger partial charge in [-0.2, -0.15) is 13.2 Å². The van der Waals surface area contributed by atoms with E-state index in [0.29, 0.717) is 41.9 Å². The van der Waals surface area contributed by atoms with E-state index in [-0.39, 0.29) is 25.6 Å². The number of aliphatic hydroxyl groups excluding tert-OH is 2. The number of halogens is 3. The summed E-state index contributed by atoms with van der Waals surface area (Å²) in [5.74, 6) is -0.202. The number of benzene rings is 2. The lowest BCUT2D eigenvalue weighted by atomic mass is 9.50. The quantitative estimate of drug-likeness (QED) is 0.270. The van der Waals surface area contributed by atoms with Gasteiger partial charge in [0.25, 0.3) is 5.91 Å². The Labute approximate surface area is 251 Å². The fraction of sp³-hybridized carbons (Fsp3) is 0.452. The highest BCUT2D eigenvalue weighted by atomic mass is 19.4. The summed E-state index contributed by atoms with van der Waals surface area (Å²) in [6.07, 6.45) is -4.46. The predicted octanol–water partition coefficient (Wildman–Crippen LogP) is 1.99. The van der Waals surface area contributed by atoms with Gasteiger partial charge in [0, 0.05) is 30.1 Å². The van der Waals surface area contributed by atoms with Gasteiger partial charge in [0.15, 0.2) is 12.2 Å². The van der Waals surface area contributed by atoms with Gasteiger partial charge in [-0.1, -0.05) is 42.5 Å². The van der Waals surface area contributed by atoms with Crippen molar-refractivity contribution in [3.63, 3.8) is 0 Å². The number of aldehydes is 1. The van der Waals surface area contributed by atoms with Crippen LogP contribution < -0.4 is 10.1 Å². The first-order valence-corrected chi connectivity index (χ1v) is 14.2. The van der Waals surface area contributed by atoms with Crippen LogP contribution in [0.25, 0.3) is 0 Å². The van der Waals surface area contributed by atoms with E-state index in [9.17, 15) is 38.1 Å². The summed E-state index contributed by atoms with van der Waals surface area (Å²) in [6, 6.07) is 12.3. The van der Waals surface area contributed by atoms with Crippen molar-refractivity contribution < 1.29 is 52.3 Å². The lowest BCUT2D eigenvalue weighted by Crippen LogP contribution is -2.74. The maximum atomic E-state index is 12.8. The van der Waals surface area contributed by atoms with Crippen LogP contribution in [-0.2, 0) is 37.6 Å². The van der Waals surface area contributed by atoms with E-state index in [2.05, 4.69) is 10.2 Å². The van der Waals surface area contributed by atoms with Gasteiger partial charge < -0.3 is 35.0 Å². The van der Waals surface area contributed by atoms with Crippen molar-refractivity contribution in [2.45, 2.75) is 67.7 Å². The molecule has 44 heavy (non-hydrogen) atoms. The third-order valence-corrected chi connectivity index (χ3v) is 8.98. The monoisotopic (exact) mass is 618 g/mol. The Morgan fingerprint density at radius 3 is 2.59 bits per heavy atom. The molecule has 0 saturated carbocycles. The van der Waals surface area contributed by atoms with E-state index in [4.69, 9.17) is 14.3 Å². The Hall–Kier alpha value is -3.78. The van der Waals surface area contributed by atoms with Crippen LogP contribution >= 0.6 is 0 Å². The zero-order chi connectivity index (χ0) is 31.9. The molecule has 6 rings (SSSR count). The minimum Gasteiger partial charge on any atom is -0.481 e. The van der Waals surface area contributed by atoms with E-state index < -0.39 is 47.6 Å². The molecule has 2 aromatic rings. The zero-order valence-electron chi connectivity index (χ0n) is 23.8. The molecule has 13 heteroatoms. The highest BCUT2D eigenvalue weighted by molar-refractivity contribution is 5.82. The Morgan fingerprint density at radius 2 is 1.93 bits per heavy atom. The third kappa shape index (κ3) is 5.38. The SMILES string of the molecule is CN1CC[C@]23c4c5ccc(CO)c4O[C@H]2C(OC(=O)CCNC(=O)[C@H](O)c2ccccc2)=CC[C@@]3(O)[C@H]1C5.O=CC(F)(F)F. The van der Waals surface area contributed by atoms with E-state index in [1.807, 2.05) is 19.2 Å². The van der Waals surface area contributed by atoms with Gasteiger partial charge in [-0.15, -0.1) is 0 Å². The smallest absolute Gasteiger partial charge is 0.446 e. The summed E-state index contributed by atoms with van der Waals surface area (Å²) < 4.78 is 43.5. The summed E-state index contributed by atoms with van der Waals surface area (Å²) in [6.45, 7) is 0.563. The standard InChI is InChI=1S/C29H32N2O7.C2HF3O/c1-31-14-12-28-23-18-7-8-19(16-32)25(23)38-26(28)20(9-11-29(28,36)21(31)15-18)37-22(33)10-13-30-27(35)24(34)17-5-3-2-4-6-17;3-2(4,5)1-6/h2-9,21,24,26,32,34,36H,10-16H2,1H3,(H,30,35);1H/t21-,24-,26+,28+,29-;/m1./s1. The number of carbonyl (C=O) groups is 3. The number of likely N-dealkylation sites (N-methyl/N-ethyl adjacent to an activating group) is 1. The highest BCUT2D eigenvalue weighted by Gasteiger charge is 2.71. The lowest BCUT2D eigenvalue weighted by molar-refractivity contribution is -0.169. The second-order valence-corrected chi connectivity index (χ2v) is 11.4. The van der Waals surface area contributed by atoms with Crippen molar-refractivity contribution in [3.8, 4) is 5.75 Å². The predicted molar refractivity (Wildman–Crippen MR) is 148 cm³/mol. The van der Waals surface area contributed by atoms with E-state index in [1.165, 1.54) is 0 Å². The van der Waals surface area contributed by atoms with Gasteiger partial charge in [0.2, 0.25) is 6.29 Å². The summed E-state index contributed by atoms with van der Waals surface area (Å²) in [4.78, 5) is 36.0. The van der Waals surface area contributed by atoms with Crippen molar-refractivity contribution in [1.29, 1.82) is 0 Å². The Balaban J connectivity index is 0.000000584. The van der Waals surface area contributed by atoms with Gasteiger partial charge in [-0.3, -0.25) is 14.4 Å². The van der Waals surface area contributed by atoms with Crippen LogP contribution in [0.2, 0.25) is 0 Å². The molecule has 0 unspecified atom stereocenters. The number of nitrogens with zero attached hydrogens (tertiary/aromatic N) is 1. The van der Waals surface area contributed by atoms with Gasteiger partial charge in [-0.25, -0.2) is 0 Å². The number of ether oxygens (including phenoxy) is 2. The van der Waals surface area contributed by atoms with Crippen LogP contribution in [0.3, 0.4) is 0 Å². The number of hydrogen-bond acceptors (Lipinski definition) is 9. The van der Waals surface area contributed by atoms with Gasteiger partial charge in [0.1, 0.15) is 11.5 Å². The Bertz CT molecular complexity index is 1470. The summed E-state index contributed by atoms with van der Waals surface area (Å²) in [5, 5.41) is 35.0. The molecule has 236 valence electrons. The van der Waals surface area contributed by atoms with Crippen LogP contribution in [0.1, 0.15) is 47.6 Å². The number of aliphatic hydroxyl groups is 3. The Kier molecular flexibility index (Phi) is 8.60.